The summed E-state index contributed by atoms with van der Waals surface area (Å²) in [5.41, 5.74) is 15.4. The molecular weight excluding hydrogens is 360 g/mol. The summed E-state index contributed by atoms with van der Waals surface area (Å²) in [4.78, 5) is 0. The van der Waals surface area contributed by atoms with Gasteiger partial charge < -0.3 is 0 Å². The lowest BCUT2D eigenvalue weighted by atomic mass is 9.72. The van der Waals surface area contributed by atoms with Crippen LogP contribution < -0.4 is 0 Å². The Labute approximate surface area is 179 Å². The van der Waals surface area contributed by atoms with E-state index >= 15 is 0 Å². The smallest absolute Gasteiger partial charge is 0.0743 e. The maximum absolute atomic E-state index is 3.85. The Kier molecular flexibility index (Phi) is 4.58. The molecule has 2 aliphatic rings. The van der Waals surface area contributed by atoms with E-state index in [1.54, 1.807) is 0 Å². The number of rotatable bonds is 1. The SMILES string of the molecule is CC1=C[C+](C)C=C(C)C1=C=C1c2ccccc2C(c2ccccc2)c2ccccc21. The first-order chi connectivity index (χ1) is 14.6. The summed E-state index contributed by atoms with van der Waals surface area (Å²) in [5.74, 6) is 1.54. The predicted octanol–water partition coefficient (Wildman–Crippen LogP) is 7.64. The van der Waals surface area contributed by atoms with Gasteiger partial charge >= 0.3 is 0 Å². The molecule has 0 fully saturated rings. The monoisotopic (exact) mass is 385 g/mol. The van der Waals surface area contributed by atoms with Gasteiger partial charge in [-0.15, -0.1) is 0 Å². The minimum absolute atomic E-state index is 0.240. The van der Waals surface area contributed by atoms with Crippen LogP contribution >= 0.6 is 0 Å². The molecule has 0 spiro atoms. The van der Waals surface area contributed by atoms with Gasteiger partial charge in [0.25, 0.3) is 0 Å². The van der Waals surface area contributed by atoms with E-state index in [4.69, 9.17) is 0 Å². The highest BCUT2D eigenvalue weighted by Crippen LogP contribution is 2.45. The fraction of sp³-hybridized carbons (Fsp3) is 0.133. The molecule has 0 saturated heterocycles. The molecule has 0 nitrogen and oxygen atoms in total. The van der Waals surface area contributed by atoms with Crippen molar-refractivity contribution in [1.82, 2.24) is 0 Å². The Balaban J connectivity index is 1.84. The molecule has 2 aliphatic carbocycles. The Morgan fingerprint density at radius 3 is 1.70 bits per heavy atom. The van der Waals surface area contributed by atoms with E-state index in [9.17, 15) is 0 Å². The molecule has 0 unspecified atom stereocenters. The highest BCUT2D eigenvalue weighted by molar-refractivity contribution is 5.88. The number of fused-ring (bicyclic) bond motifs is 2. The average molecular weight is 386 g/mol. The highest BCUT2D eigenvalue weighted by Gasteiger charge is 2.30. The van der Waals surface area contributed by atoms with Crippen molar-refractivity contribution >= 4 is 5.57 Å². The van der Waals surface area contributed by atoms with E-state index in [2.05, 4.69) is 118 Å². The van der Waals surface area contributed by atoms with Crippen LogP contribution in [-0.2, 0) is 0 Å². The van der Waals surface area contributed by atoms with Gasteiger partial charge in [0.2, 0.25) is 0 Å². The fourth-order valence-corrected chi connectivity index (χ4v) is 4.91. The van der Waals surface area contributed by atoms with Crippen molar-refractivity contribution in [2.75, 3.05) is 0 Å². The second-order valence-corrected chi connectivity index (χ2v) is 8.29. The van der Waals surface area contributed by atoms with Crippen LogP contribution in [0.15, 0.2) is 113 Å². The van der Waals surface area contributed by atoms with Crippen LogP contribution in [0.2, 0.25) is 0 Å². The standard InChI is InChI=1S/C30H25/c1-20-17-21(2)28(22(3)18-20)19-29-24-13-7-9-15-26(24)30(23-11-5-4-6-12-23)27-16-10-8-14-25(27)29/h4-18,30H,1-3H3/q+1. The third-order valence-electron chi connectivity index (χ3n) is 6.14. The molecule has 0 saturated carbocycles. The van der Waals surface area contributed by atoms with Crippen LogP contribution in [0.1, 0.15) is 54.5 Å². The lowest BCUT2D eigenvalue weighted by Crippen LogP contribution is -2.14. The molecule has 30 heavy (non-hydrogen) atoms. The maximum atomic E-state index is 3.85. The van der Waals surface area contributed by atoms with Crippen molar-refractivity contribution in [2.45, 2.75) is 26.7 Å². The van der Waals surface area contributed by atoms with Gasteiger partial charge in [-0.2, -0.15) is 0 Å². The Hall–Kier alpha value is -3.47. The Morgan fingerprint density at radius 1 is 0.633 bits per heavy atom. The van der Waals surface area contributed by atoms with Gasteiger partial charge in [0, 0.05) is 38.2 Å². The number of benzene rings is 3. The molecule has 0 heterocycles. The number of allylic oxidation sites excluding steroid dienone is 5. The summed E-state index contributed by atoms with van der Waals surface area (Å²) >= 11 is 0. The van der Waals surface area contributed by atoms with E-state index in [0.29, 0.717) is 0 Å². The van der Waals surface area contributed by atoms with E-state index in [1.807, 2.05) is 0 Å². The summed E-state index contributed by atoms with van der Waals surface area (Å²) < 4.78 is 0. The van der Waals surface area contributed by atoms with Crippen LogP contribution in [-0.4, -0.2) is 0 Å². The molecule has 5 rings (SSSR count). The lowest BCUT2D eigenvalue weighted by molar-refractivity contribution is 0.951. The summed E-state index contributed by atoms with van der Waals surface area (Å²) in [7, 11) is 0. The Bertz CT molecular complexity index is 1170. The molecule has 0 radical (unpaired) electrons. The molecule has 0 N–H and O–H groups in total. The van der Waals surface area contributed by atoms with Crippen LogP contribution in [0.5, 0.6) is 0 Å². The first-order valence-corrected chi connectivity index (χ1v) is 10.6. The Morgan fingerprint density at radius 2 is 1.13 bits per heavy atom. The van der Waals surface area contributed by atoms with Crippen molar-refractivity contribution in [3.05, 3.63) is 147 Å². The largest absolute Gasteiger partial charge is 0.132 e. The van der Waals surface area contributed by atoms with E-state index in [1.165, 1.54) is 56.0 Å². The first kappa shape index (κ1) is 18.6. The third-order valence-corrected chi connectivity index (χ3v) is 6.14. The van der Waals surface area contributed by atoms with Gasteiger partial charge in [-0.05, 0) is 27.8 Å². The molecule has 0 aliphatic heterocycles. The molecule has 0 bridgehead atoms. The van der Waals surface area contributed by atoms with E-state index in [0.717, 1.165) is 0 Å². The average Bonchev–Trinajstić information content (AvgIpc) is 2.76. The molecule has 0 heteroatoms. The lowest BCUT2D eigenvalue weighted by Gasteiger charge is -2.30. The van der Waals surface area contributed by atoms with Crippen LogP contribution in [0.4, 0.5) is 0 Å². The summed E-state index contributed by atoms with van der Waals surface area (Å²) in [6, 6.07) is 28.5. The van der Waals surface area contributed by atoms with Gasteiger partial charge in [-0.25, -0.2) is 0 Å². The molecule has 3 aromatic rings. The minimum atomic E-state index is 0.240. The molecule has 0 aromatic heterocycles. The van der Waals surface area contributed by atoms with E-state index < -0.39 is 0 Å². The van der Waals surface area contributed by atoms with Crippen molar-refractivity contribution in [3.63, 3.8) is 0 Å². The molecule has 144 valence electrons. The molecule has 0 amide bonds. The van der Waals surface area contributed by atoms with Gasteiger partial charge in [0.1, 0.15) is 5.57 Å². The zero-order chi connectivity index (χ0) is 20.7. The fourth-order valence-electron chi connectivity index (χ4n) is 4.91. The second-order valence-electron chi connectivity index (χ2n) is 8.29. The normalized spacial score (nSPS) is 17.6. The summed E-state index contributed by atoms with van der Waals surface area (Å²) in [5, 5.41) is 0. The van der Waals surface area contributed by atoms with Gasteiger partial charge in [-0.3, -0.25) is 0 Å². The quantitative estimate of drug-likeness (QED) is 0.233. The van der Waals surface area contributed by atoms with Crippen molar-refractivity contribution in [3.8, 4) is 0 Å². The molecular formula is C30H25+. The van der Waals surface area contributed by atoms with Crippen molar-refractivity contribution < 1.29 is 0 Å². The predicted molar refractivity (Wildman–Crippen MR) is 126 cm³/mol. The number of hydrogen-bond acceptors (Lipinski definition) is 0. The van der Waals surface area contributed by atoms with Crippen LogP contribution in [0.3, 0.4) is 0 Å². The highest BCUT2D eigenvalue weighted by atomic mass is 14.3. The van der Waals surface area contributed by atoms with Gasteiger partial charge in [0.05, 0.1) is 23.3 Å². The van der Waals surface area contributed by atoms with Crippen molar-refractivity contribution in [1.29, 1.82) is 0 Å². The third kappa shape index (κ3) is 3.07. The summed E-state index contributed by atoms with van der Waals surface area (Å²) in [6.07, 6.45) is 4.51. The van der Waals surface area contributed by atoms with Crippen LogP contribution in [0, 0.1) is 5.92 Å². The first-order valence-electron chi connectivity index (χ1n) is 10.6. The molecule has 3 aromatic carbocycles. The topological polar surface area (TPSA) is 0 Å². The van der Waals surface area contributed by atoms with Gasteiger partial charge in [-0.1, -0.05) is 84.6 Å². The van der Waals surface area contributed by atoms with E-state index in [-0.39, 0.29) is 5.92 Å². The minimum Gasteiger partial charge on any atom is -0.0743 e. The maximum Gasteiger partial charge on any atom is 0.132 e. The number of hydrogen-bond donors (Lipinski definition) is 0. The molecule has 0 atom stereocenters. The van der Waals surface area contributed by atoms with Crippen LogP contribution in [0.25, 0.3) is 5.57 Å². The summed E-state index contributed by atoms with van der Waals surface area (Å²) in [6.45, 7) is 6.54. The zero-order valence-corrected chi connectivity index (χ0v) is 17.7. The second kappa shape index (κ2) is 7.41. The van der Waals surface area contributed by atoms with Crippen molar-refractivity contribution in [2.24, 2.45) is 0 Å². The van der Waals surface area contributed by atoms with Gasteiger partial charge in [0.15, 0.2) is 0 Å². The zero-order valence-electron chi connectivity index (χ0n) is 17.7.